The minimum atomic E-state index is 0.490. The Morgan fingerprint density at radius 2 is 1.94 bits per heavy atom. The molecule has 1 aromatic heterocycles. The predicted octanol–water partition coefficient (Wildman–Crippen LogP) is 1.24. The van der Waals surface area contributed by atoms with E-state index in [1.54, 1.807) is 0 Å². The first kappa shape index (κ1) is 11.7. The maximum Gasteiger partial charge on any atom is 0.224 e. The molecule has 0 radical (unpaired) electrons. The molecule has 2 aliphatic heterocycles. The Balaban J connectivity index is 1.68. The van der Waals surface area contributed by atoms with Gasteiger partial charge in [0.2, 0.25) is 5.95 Å². The van der Waals surface area contributed by atoms with Crippen molar-refractivity contribution >= 4 is 11.8 Å². The second kappa shape index (κ2) is 5.52. The highest BCUT2D eigenvalue weighted by molar-refractivity contribution is 5.43. The Kier molecular flexibility index (Phi) is 3.59. The third kappa shape index (κ3) is 2.72. The molecular formula is C13H21N5. The van der Waals surface area contributed by atoms with Gasteiger partial charge in [-0.1, -0.05) is 12.8 Å². The zero-order chi connectivity index (χ0) is 12.2. The summed E-state index contributed by atoms with van der Waals surface area (Å²) in [7, 11) is 0. The predicted molar refractivity (Wildman–Crippen MR) is 73.0 cm³/mol. The summed E-state index contributed by atoms with van der Waals surface area (Å²) in [5.74, 6) is 1.84. The molecule has 0 aromatic carbocycles. The van der Waals surface area contributed by atoms with E-state index in [4.69, 9.17) is 0 Å². The van der Waals surface area contributed by atoms with E-state index in [-0.39, 0.29) is 0 Å². The third-order valence-corrected chi connectivity index (χ3v) is 3.69. The second-order valence-corrected chi connectivity index (χ2v) is 5.14. The van der Waals surface area contributed by atoms with Crippen LogP contribution < -0.4 is 15.5 Å². The van der Waals surface area contributed by atoms with E-state index in [1.807, 2.05) is 12.3 Å². The molecule has 2 saturated heterocycles. The van der Waals surface area contributed by atoms with Gasteiger partial charge in [-0.3, -0.25) is 0 Å². The lowest BCUT2D eigenvalue weighted by atomic mass is 10.2. The summed E-state index contributed by atoms with van der Waals surface area (Å²) in [4.78, 5) is 11.3. The molecule has 0 atom stereocenters. The van der Waals surface area contributed by atoms with Crippen molar-refractivity contribution in [2.75, 3.05) is 36.4 Å². The van der Waals surface area contributed by atoms with Crippen molar-refractivity contribution in [1.82, 2.24) is 15.3 Å². The number of hydrogen-bond acceptors (Lipinski definition) is 5. The first-order valence-electron chi connectivity index (χ1n) is 6.97. The summed E-state index contributed by atoms with van der Waals surface area (Å²) in [5, 5.41) is 6.60. The summed E-state index contributed by atoms with van der Waals surface area (Å²) < 4.78 is 0. The summed E-state index contributed by atoms with van der Waals surface area (Å²) in [6.45, 7) is 4.28. The van der Waals surface area contributed by atoms with Crippen LogP contribution in [0.5, 0.6) is 0 Å². The number of aromatic nitrogens is 2. The van der Waals surface area contributed by atoms with Gasteiger partial charge in [0.25, 0.3) is 0 Å². The lowest BCUT2D eigenvalue weighted by Gasteiger charge is -2.28. The van der Waals surface area contributed by atoms with Gasteiger partial charge in [0.05, 0.1) is 6.04 Å². The molecule has 0 spiro atoms. The Morgan fingerprint density at radius 1 is 1.17 bits per heavy atom. The number of nitrogens with zero attached hydrogens (tertiary/aromatic N) is 3. The lowest BCUT2D eigenvalue weighted by molar-refractivity contribution is 0.469. The van der Waals surface area contributed by atoms with Crippen molar-refractivity contribution in [3.05, 3.63) is 12.3 Å². The van der Waals surface area contributed by atoms with E-state index in [1.165, 1.54) is 25.7 Å². The molecule has 0 saturated carbocycles. The fourth-order valence-electron chi connectivity index (χ4n) is 2.47. The fraction of sp³-hybridized carbons (Fsp3) is 0.692. The molecule has 0 bridgehead atoms. The van der Waals surface area contributed by atoms with Crippen molar-refractivity contribution in [3.63, 3.8) is 0 Å². The van der Waals surface area contributed by atoms with Crippen LogP contribution in [0.4, 0.5) is 11.8 Å². The standard InChI is InChI=1S/C13H21N5/c1-2-4-8-18(7-3-1)12-5-6-15-13(17-12)16-11-9-14-10-11/h5-6,11,14H,1-4,7-10H2,(H,15,16,17). The van der Waals surface area contributed by atoms with Gasteiger partial charge in [-0.2, -0.15) is 4.98 Å². The molecule has 5 heteroatoms. The average molecular weight is 247 g/mol. The highest BCUT2D eigenvalue weighted by Gasteiger charge is 2.18. The third-order valence-electron chi connectivity index (χ3n) is 3.69. The van der Waals surface area contributed by atoms with Gasteiger partial charge in [-0.25, -0.2) is 4.98 Å². The zero-order valence-corrected chi connectivity index (χ0v) is 10.7. The minimum Gasteiger partial charge on any atom is -0.356 e. The molecule has 1 aromatic rings. The van der Waals surface area contributed by atoms with Crippen molar-refractivity contribution in [1.29, 1.82) is 0 Å². The van der Waals surface area contributed by atoms with Crippen molar-refractivity contribution in [2.45, 2.75) is 31.7 Å². The van der Waals surface area contributed by atoms with Crippen LogP contribution in [-0.2, 0) is 0 Å². The SMILES string of the molecule is c1cc(N2CCCCCC2)nc(NC2CNC2)n1. The Morgan fingerprint density at radius 3 is 2.61 bits per heavy atom. The second-order valence-electron chi connectivity index (χ2n) is 5.14. The maximum absolute atomic E-state index is 4.64. The van der Waals surface area contributed by atoms with E-state index >= 15 is 0 Å². The Bertz CT molecular complexity index is 383. The van der Waals surface area contributed by atoms with Crippen molar-refractivity contribution in [2.24, 2.45) is 0 Å². The Hall–Kier alpha value is -1.36. The average Bonchev–Trinajstić information content (AvgIpc) is 2.63. The summed E-state index contributed by atoms with van der Waals surface area (Å²) in [6, 6.07) is 2.51. The molecule has 3 rings (SSSR count). The molecule has 3 heterocycles. The van der Waals surface area contributed by atoms with Gasteiger partial charge < -0.3 is 15.5 Å². The molecule has 2 aliphatic rings. The van der Waals surface area contributed by atoms with Crippen LogP contribution in [0.25, 0.3) is 0 Å². The van der Waals surface area contributed by atoms with Gasteiger partial charge in [0.1, 0.15) is 5.82 Å². The van der Waals surface area contributed by atoms with E-state index < -0.39 is 0 Å². The molecule has 0 amide bonds. The van der Waals surface area contributed by atoms with Gasteiger partial charge in [-0.15, -0.1) is 0 Å². The van der Waals surface area contributed by atoms with Crippen LogP contribution in [-0.4, -0.2) is 42.2 Å². The van der Waals surface area contributed by atoms with Crippen LogP contribution in [0.1, 0.15) is 25.7 Å². The van der Waals surface area contributed by atoms with E-state index in [0.717, 1.165) is 37.9 Å². The van der Waals surface area contributed by atoms with Gasteiger partial charge in [0.15, 0.2) is 0 Å². The first-order valence-corrected chi connectivity index (χ1v) is 6.97. The Labute approximate surface area is 108 Å². The van der Waals surface area contributed by atoms with Crippen LogP contribution in [0.2, 0.25) is 0 Å². The van der Waals surface area contributed by atoms with Crippen molar-refractivity contribution in [3.8, 4) is 0 Å². The minimum absolute atomic E-state index is 0.490. The molecule has 98 valence electrons. The topological polar surface area (TPSA) is 53.1 Å². The molecule has 18 heavy (non-hydrogen) atoms. The number of nitrogens with one attached hydrogen (secondary N) is 2. The van der Waals surface area contributed by atoms with Gasteiger partial charge in [0, 0.05) is 32.4 Å². The first-order chi connectivity index (χ1) is 8.92. The largest absolute Gasteiger partial charge is 0.356 e. The number of anilines is 2. The number of rotatable bonds is 3. The monoisotopic (exact) mass is 247 g/mol. The fourth-order valence-corrected chi connectivity index (χ4v) is 2.47. The molecule has 5 nitrogen and oxygen atoms in total. The van der Waals surface area contributed by atoms with E-state index in [9.17, 15) is 0 Å². The highest BCUT2D eigenvalue weighted by atomic mass is 15.2. The summed E-state index contributed by atoms with van der Waals surface area (Å²) >= 11 is 0. The molecule has 2 N–H and O–H groups in total. The van der Waals surface area contributed by atoms with Gasteiger partial charge >= 0.3 is 0 Å². The van der Waals surface area contributed by atoms with Crippen LogP contribution in [0, 0.1) is 0 Å². The quantitative estimate of drug-likeness (QED) is 0.841. The lowest BCUT2D eigenvalue weighted by Crippen LogP contribution is -2.51. The highest BCUT2D eigenvalue weighted by Crippen LogP contribution is 2.18. The zero-order valence-electron chi connectivity index (χ0n) is 10.7. The maximum atomic E-state index is 4.64. The normalized spacial score (nSPS) is 21.2. The number of hydrogen-bond donors (Lipinski definition) is 2. The smallest absolute Gasteiger partial charge is 0.224 e. The van der Waals surface area contributed by atoms with Crippen LogP contribution >= 0.6 is 0 Å². The van der Waals surface area contributed by atoms with Crippen LogP contribution in [0.15, 0.2) is 12.3 Å². The van der Waals surface area contributed by atoms with Crippen molar-refractivity contribution < 1.29 is 0 Å². The van der Waals surface area contributed by atoms with E-state index in [0.29, 0.717) is 6.04 Å². The summed E-state index contributed by atoms with van der Waals surface area (Å²) in [6.07, 6.45) is 7.11. The molecular weight excluding hydrogens is 226 g/mol. The van der Waals surface area contributed by atoms with Gasteiger partial charge in [-0.05, 0) is 18.9 Å². The molecule has 2 fully saturated rings. The summed E-state index contributed by atoms with van der Waals surface area (Å²) in [5.41, 5.74) is 0. The van der Waals surface area contributed by atoms with Crippen LogP contribution in [0.3, 0.4) is 0 Å². The van der Waals surface area contributed by atoms with E-state index in [2.05, 4.69) is 25.5 Å². The molecule has 0 unspecified atom stereocenters. The molecule has 0 aliphatic carbocycles.